The first-order valence-corrected chi connectivity index (χ1v) is 13.6. The number of hydrogen-bond acceptors (Lipinski definition) is 6. The van der Waals surface area contributed by atoms with E-state index in [0.717, 1.165) is 12.1 Å². The van der Waals surface area contributed by atoms with Crippen molar-refractivity contribution >= 4 is 41.1 Å². The number of anilines is 2. The number of hydrogen-bond donors (Lipinski definition) is 2. The van der Waals surface area contributed by atoms with Crippen LogP contribution in [0.2, 0.25) is 5.02 Å². The Morgan fingerprint density at radius 1 is 1.14 bits per heavy atom. The van der Waals surface area contributed by atoms with E-state index in [9.17, 15) is 23.2 Å². The van der Waals surface area contributed by atoms with Crippen molar-refractivity contribution in [1.82, 2.24) is 9.88 Å². The summed E-state index contributed by atoms with van der Waals surface area (Å²) in [5.41, 5.74) is 1.35. The molecule has 42 heavy (non-hydrogen) atoms. The Morgan fingerprint density at radius 3 is 2.71 bits per heavy atom. The van der Waals surface area contributed by atoms with Crippen molar-refractivity contribution in [3.63, 3.8) is 0 Å². The molecule has 1 saturated heterocycles. The number of fused-ring (bicyclic) bond motifs is 4. The van der Waals surface area contributed by atoms with Crippen LogP contribution in [0.15, 0.2) is 42.6 Å². The quantitative estimate of drug-likeness (QED) is 0.244. The normalized spacial score (nSPS) is 19.0. The summed E-state index contributed by atoms with van der Waals surface area (Å²) >= 11 is 5.82. The molecule has 2 aromatic carbocycles. The van der Waals surface area contributed by atoms with Crippen molar-refractivity contribution < 1.29 is 37.0 Å². The van der Waals surface area contributed by atoms with Gasteiger partial charge in [-0.3, -0.25) is 10.1 Å². The molecule has 0 unspecified atom stereocenters. The number of rotatable bonds is 3. The molecule has 0 spiro atoms. The minimum absolute atomic E-state index is 0.0167. The molecule has 9 nitrogen and oxygen atoms in total. The van der Waals surface area contributed by atoms with Crippen molar-refractivity contribution in [1.29, 1.82) is 0 Å². The van der Waals surface area contributed by atoms with Crippen molar-refractivity contribution in [2.24, 2.45) is 0 Å². The third-order valence-electron chi connectivity index (χ3n) is 7.28. The molecule has 3 aromatic rings. The van der Waals surface area contributed by atoms with Gasteiger partial charge in [0.1, 0.15) is 11.9 Å². The van der Waals surface area contributed by atoms with Gasteiger partial charge in [-0.1, -0.05) is 24.1 Å². The predicted octanol–water partition coefficient (Wildman–Crippen LogP) is 7.13. The van der Waals surface area contributed by atoms with Crippen LogP contribution in [0.3, 0.4) is 0 Å². The van der Waals surface area contributed by atoms with Crippen molar-refractivity contribution in [3.05, 3.63) is 76.3 Å². The molecular formula is C29H26ClF3N4O5. The summed E-state index contributed by atoms with van der Waals surface area (Å²) in [5, 5.41) is 5.08. The van der Waals surface area contributed by atoms with Crippen LogP contribution in [0.4, 0.5) is 34.1 Å². The maximum atomic E-state index is 15.3. The van der Waals surface area contributed by atoms with Crippen LogP contribution in [0.5, 0.6) is 0 Å². The summed E-state index contributed by atoms with van der Waals surface area (Å²) in [7, 11) is 1.22. The van der Waals surface area contributed by atoms with Crippen LogP contribution in [0.1, 0.15) is 55.4 Å². The lowest BCUT2D eigenvalue weighted by molar-refractivity contribution is -0.116. The lowest BCUT2D eigenvalue weighted by atomic mass is 9.94. The summed E-state index contributed by atoms with van der Waals surface area (Å²) in [6, 6.07) is 7.57. The summed E-state index contributed by atoms with van der Waals surface area (Å²) in [5.74, 6) is -2.96. The van der Waals surface area contributed by atoms with Crippen LogP contribution in [0, 0.1) is 17.6 Å². The first-order valence-electron chi connectivity index (χ1n) is 13.2. The molecule has 0 saturated carbocycles. The van der Waals surface area contributed by atoms with E-state index in [4.69, 9.17) is 16.3 Å². The molecule has 13 heteroatoms. The lowest BCUT2D eigenvalue weighted by Crippen LogP contribution is -2.42. The standard InChI is InChI=1S/C29H26ClF3N4O5/c1-41-28(39)35-16-6-7-17-15-12-18(27(33)34-14-15)22(4-2-3-5-24(38)36-21(17)13-16)37-11-10-23(42-29(37)40)25-20(31)9-8-19(30)26(25)32/h6-9,12-14,22-23H,2-5,10-11H2,1H3,(H,35,39)(H,36,38)/t22-,23-/m0/s1. The molecule has 0 radical (unpaired) electrons. The van der Waals surface area contributed by atoms with Crippen molar-refractivity contribution in [3.8, 4) is 11.1 Å². The van der Waals surface area contributed by atoms with E-state index in [1.54, 1.807) is 24.3 Å². The number of nitrogens with one attached hydrogen (secondary N) is 2. The molecule has 0 aliphatic carbocycles. The van der Waals surface area contributed by atoms with E-state index < -0.39 is 47.5 Å². The average molecular weight is 603 g/mol. The Balaban J connectivity index is 1.49. The molecule has 5 rings (SSSR count). The summed E-state index contributed by atoms with van der Waals surface area (Å²) < 4.78 is 54.5. The maximum Gasteiger partial charge on any atom is 0.411 e. The van der Waals surface area contributed by atoms with Crippen LogP contribution in [-0.4, -0.2) is 41.6 Å². The Labute approximate surface area is 244 Å². The van der Waals surface area contributed by atoms with Gasteiger partial charge in [-0.15, -0.1) is 0 Å². The van der Waals surface area contributed by atoms with Gasteiger partial charge < -0.3 is 19.7 Å². The molecule has 1 aromatic heterocycles. The minimum atomic E-state index is -1.21. The zero-order chi connectivity index (χ0) is 30.0. The van der Waals surface area contributed by atoms with Crippen molar-refractivity contribution in [2.45, 2.75) is 44.2 Å². The largest absolute Gasteiger partial charge is 0.453 e. The van der Waals surface area contributed by atoms with Gasteiger partial charge in [0, 0.05) is 48.0 Å². The number of pyridine rings is 1. The zero-order valence-corrected chi connectivity index (χ0v) is 23.1. The number of aromatic nitrogens is 1. The molecule has 1 fully saturated rings. The fraction of sp³-hybridized carbons (Fsp3) is 0.310. The molecule has 2 aliphatic heterocycles. The van der Waals surface area contributed by atoms with Gasteiger partial charge >= 0.3 is 12.2 Å². The summed E-state index contributed by atoms with van der Waals surface area (Å²) in [6.45, 7) is 0.0167. The SMILES string of the molecule is COC(=O)Nc1ccc2c(c1)NC(=O)CCCC[C@H](N1CC[C@@H](c3c(F)ccc(Cl)c3F)OC1=O)c1cc-2cnc1F. The van der Waals surface area contributed by atoms with Gasteiger partial charge in [0.05, 0.1) is 29.4 Å². The number of carbonyl (C=O) groups excluding carboxylic acids is 3. The molecule has 2 N–H and O–H groups in total. The monoisotopic (exact) mass is 602 g/mol. The van der Waals surface area contributed by atoms with Gasteiger partial charge in [0.15, 0.2) is 5.82 Å². The van der Waals surface area contributed by atoms with Crippen LogP contribution in [-0.2, 0) is 14.3 Å². The van der Waals surface area contributed by atoms with Crippen LogP contribution < -0.4 is 10.6 Å². The van der Waals surface area contributed by atoms with Gasteiger partial charge in [-0.2, -0.15) is 4.39 Å². The smallest absolute Gasteiger partial charge is 0.411 e. The van der Waals surface area contributed by atoms with Crippen LogP contribution in [0.25, 0.3) is 11.1 Å². The fourth-order valence-corrected chi connectivity index (χ4v) is 5.39. The second-order valence-corrected chi connectivity index (χ2v) is 10.3. The number of methoxy groups -OCH3 is 1. The number of halogens is 4. The molecule has 220 valence electrons. The summed E-state index contributed by atoms with van der Waals surface area (Å²) in [4.78, 5) is 43.0. The second kappa shape index (κ2) is 12.3. The minimum Gasteiger partial charge on any atom is -0.453 e. The van der Waals surface area contributed by atoms with Crippen molar-refractivity contribution in [2.75, 3.05) is 24.3 Å². The first kappa shape index (κ1) is 29.2. The van der Waals surface area contributed by atoms with E-state index >= 15 is 4.39 Å². The Morgan fingerprint density at radius 2 is 1.95 bits per heavy atom. The Bertz CT molecular complexity index is 1560. The van der Waals surface area contributed by atoms with E-state index in [2.05, 4.69) is 20.4 Å². The fourth-order valence-electron chi connectivity index (χ4n) is 5.23. The molecule has 3 heterocycles. The molecule has 2 bridgehead atoms. The van der Waals surface area contributed by atoms with E-state index in [1.165, 1.54) is 18.2 Å². The van der Waals surface area contributed by atoms with Gasteiger partial charge in [0.2, 0.25) is 11.9 Å². The van der Waals surface area contributed by atoms with Gasteiger partial charge in [-0.25, -0.2) is 23.4 Å². The Hall–Kier alpha value is -4.32. The number of amides is 3. The number of nitrogens with zero attached hydrogens (tertiary/aromatic N) is 2. The third-order valence-corrected chi connectivity index (χ3v) is 7.57. The number of benzene rings is 2. The lowest BCUT2D eigenvalue weighted by Gasteiger charge is -2.37. The van der Waals surface area contributed by atoms with Gasteiger partial charge in [-0.05, 0) is 43.2 Å². The van der Waals surface area contributed by atoms with Crippen LogP contribution >= 0.6 is 11.6 Å². The maximum absolute atomic E-state index is 15.3. The zero-order valence-electron chi connectivity index (χ0n) is 22.4. The predicted molar refractivity (Wildman–Crippen MR) is 147 cm³/mol. The molecule has 2 aliphatic rings. The highest BCUT2D eigenvalue weighted by atomic mass is 35.5. The molecule has 2 atom stereocenters. The number of ether oxygens (including phenoxy) is 2. The summed E-state index contributed by atoms with van der Waals surface area (Å²) in [6.07, 6.45) is -0.138. The third kappa shape index (κ3) is 5.98. The average Bonchev–Trinajstić information content (AvgIpc) is 2.96. The molecular weight excluding hydrogens is 577 g/mol. The van der Waals surface area contributed by atoms with E-state index in [1.807, 2.05) is 0 Å². The van der Waals surface area contributed by atoms with Gasteiger partial charge in [0.25, 0.3) is 0 Å². The Kier molecular flexibility index (Phi) is 8.53. The second-order valence-electron chi connectivity index (χ2n) is 9.90. The van der Waals surface area contributed by atoms with E-state index in [-0.39, 0.29) is 42.3 Å². The highest BCUT2D eigenvalue weighted by Gasteiger charge is 2.37. The number of cyclic esters (lactones) is 1. The highest BCUT2D eigenvalue weighted by molar-refractivity contribution is 6.30. The molecule has 3 amide bonds. The first-order chi connectivity index (χ1) is 20.2. The highest BCUT2D eigenvalue weighted by Crippen LogP contribution is 2.40. The van der Waals surface area contributed by atoms with E-state index in [0.29, 0.717) is 35.3 Å². The number of carbonyl (C=O) groups is 3. The topological polar surface area (TPSA) is 110 Å².